The number of rotatable bonds is 5. The predicted octanol–water partition coefficient (Wildman–Crippen LogP) is 2.77. The zero-order valence-electron chi connectivity index (χ0n) is 9.02. The smallest absolute Gasteiger partial charge is 0.186 e. The van der Waals surface area contributed by atoms with Crippen LogP contribution in [-0.2, 0) is 6.54 Å². The van der Waals surface area contributed by atoms with E-state index in [0.29, 0.717) is 22.3 Å². The van der Waals surface area contributed by atoms with Crippen molar-refractivity contribution in [1.82, 2.24) is 10.3 Å². The molecule has 2 heterocycles. The average molecular weight is 267 g/mol. The van der Waals surface area contributed by atoms with E-state index in [-0.39, 0.29) is 5.78 Å². The number of thiophene rings is 1. The topological polar surface area (TPSA) is 42.0 Å². The van der Waals surface area contributed by atoms with Gasteiger partial charge in [0, 0.05) is 12.7 Å². The van der Waals surface area contributed by atoms with Gasteiger partial charge in [-0.25, -0.2) is 0 Å². The second kappa shape index (κ2) is 5.91. The van der Waals surface area contributed by atoms with Gasteiger partial charge in [0.15, 0.2) is 5.78 Å². The molecular weight excluding hydrogens is 256 g/mol. The third-order valence-corrected chi connectivity index (χ3v) is 3.44. The highest BCUT2D eigenvalue weighted by Gasteiger charge is 2.07. The molecule has 0 unspecified atom stereocenters. The van der Waals surface area contributed by atoms with Gasteiger partial charge in [0.05, 0.1) is 21.5 Å². The lowest BCUT2D eigenvalue weighted by atomic mass is 10.3. The highest BCUT2D eigenvalue weighted by atomic mass is 35.5. The molecule has 0 radical (unpaired) electrons. The first-order chi connectivity index (χ1) is 8.25. The van der Waals surface area contributed by atoms with Crippen LogP contribution in [-0.4, -0.2) is 17.3 Å². The van der Waals surface area contributed by atoms with Crippen LogP contribution < -0.4 is 5.32 Å². The summed E-state index contributed by atoms with van der Waals surface area (Å²) in [7, 11) is 0. The Morgan fingerprint density at radius 3 is 2.88 bits per heavy atom. The Morgan fingerprint density at radius 2 is 2.24 bits per heavy atom. The van der Waals surface area contributed by atoms with Crippen molar-refractivity contribution in [3.63, 3.8) is 0 Å². The summed E-state index contributed by atoms with van der Waals surface area (Å²) in [6.07, 6.45) is 1.73. The molecule has 2 aromatic heterocycles. The zero-order chi connectivity index (χ0) is 12.1. The summed E-state index contributed by atoms with van der Waals surface area (Å²) in [5, 5.41) is 3.06. The Labute approximate surface area is 108 Å². The van der Waals surface area contributed by atoms with Crippen LogP contribution in [0.25, 0.3) is 0 Å². The van der Waals surface area contributed by atoms with Gasteiger partial charge in [0.1, 0.15) is 0 Å². The van der Waals surface area contributed by atoms with Gasteiger partial charge < -0.3 is 5.32 Å². The molecule has 0 fully saturated rings. The van der Waals surface area contributed by atoms with Crippen molar-refractivity contribution >= 4 is 28.7 Å². The van der Waals surface area contributed by atoms with Crippen LogP contribution in [0.1, 0.15) is 15.4 Å². The van der Waals surface area contributed by atoms with Gasteiger partial charge in [-0.15, -0.1) is 11.3 Å². The van der Waals surface area contributed by atoms with Gasteiger partial charge in [-0.2, -0.15) is 0 Å². The normalized spacial score (nSPS) is 10.4. The number of nitrogens with one attached hydrogen (secondary N) is 1. The van der Waals surface area contributed by atoms with Crippen molar-refractivity contribution in [2.75, 3.05) is 6.54 Å². The quantitative estimate of drug-likeness (QED) is 0.846. The molecule has 88 valence electrons. The molecule has 3 nitrogen and oxygen atoms in total. The van der Waals surface area contributed by atoms with Crippen LogP contribution >= 0.6 is 22.9 Å². The summed E-state index contributed by atoms with van der Waals surface area (Å²) in [5.41, 5.74) is 0.921. The molecule has 2 rings (SSSR count). The van der Waals surface area contributed by atoms with Gasteiger partial charge in [0.25, 0.3) is 0 Å². The number of ketones is 1. The summed E-state index contributed by atoms with van der Waals surface area (Å²) < 4.78 is 0.637. The number of nitrogens with zero attached hydrogens (tertiary/aromatic N) is 1. The summed E-state index contributed by atoms with van der Waals surface area (Å²) in [6.45, 7) is 0.888. The molecule has 0 atom stereocenters. The highest BCUT2D eigenvalue weighted by Crippen LogP contribution is 2.21. The number of hydrogen-bond donors (Lipinski definition) is 1. The van der Waals surface area contributed by atoms with E-state index in [1.54, 1.807) is 18.3 Å². The number of Topliss-reactive ketones (excluding diaryl/α,β-unsaturated/α-hetero) is 1. The average Bonchev–Trinajstić information content (AvgIpc) is 2.77. The second-order valence-corrected chi connectivity index (χ2v) is 5.17. The van der Waals surface area contributed by atoms with Gasteiger partial charge in [-0.05, 0) is 24.3 Å². The first kappa shape index (κ1) is 12.2. The SMILES string of the molecule is O=C(CNCc1ccccn1)c1ccc(Cl)s1. The van der Waals surface area contributed by atoms with Gasteiger partial charge in [0.2, 0.25) is 0 Å². The Morgan fingerprint density at radius 1 is 1.35 bits per heavy atom. The van der Waals surface area contributed by atoms with Crippen LogP contribution in [0.2, 0.25) is 4.34 Å². The van der Waals surface area contributed by atoms with E-state index in [1.807, 2.05) is 18.2 Å². The van der Waals surface area contributed by atoms with Crippen molar-refractivity contribution in [2.24, 2.45) is 0 Å². The molecule has 0 aliphatic carbocycles. The molecule has 17 heavy (non-hydrogen) atoms. The van der Waals surface area contributed by atoms with E-state index in [1.165, 1.54) is 11.3 Å². The summed E-state index contributed by atoms with van der Waals surface area (Å²) in [4.78, 5) is 16.6. The van der Waals surface area contributed by atoms with Crippen molar-refractivity contribution in [2.45, 2.75) is 6.54 Å². The summed E-state index contributed by atoms with van der Waals surface area (Å²) >= 11 is 7.07. The van der Waals surface area contributed by atoms with E-state index < -0.39 is 0 Å². The molecule has 0 bridgehead atoms. The summed E-state index contributed by atoms with van der Waals surface area (Å²) in [5.74, 6) is 0.0535. The lowest BCUT2D eigenvalue weighted by Crippen LogP contribution is -2.22. The number of pyridine rings is 1. The zero-order valence-corrected chi connectivity index (χ0v) is 10.6. The molecule has 0 spiro atoms. The van der Waals surface area contributed by atoms with Crippen LogP contribution in [0.3, 0.4) is 0 Å². The minimum absolute atomic E-state index is 0.0535. The molecule has 0 aromatic carbocycles. The Balaban J connectivity index is 1.81. The van der Waals surface area contributed by atoms with Crippen molar-refractivity contribution < 1.29 is 4.79 Å². The molecule has 0 saturated heterocycles. The maximum absolute atomic E-state index is 11.7. The number of hydrogen-bond acceptors (Lipinski definition) is 4. The fraction of sp³-hybridized carbons (Fsp3) is 0.167. The fourth-order valence-corrected chi connectivity index (χ4v) is 2.34. The fourth-order valence-electron chi connectivity index (χ4n) is 1.36. The van der Waals surface area contributed by atoms with E-state index in [0.717, 1.165) is 5.69 Å². The molecular formula is C12H11ClN2OS. The number of aromatic nitrogens is 1. The number of carbonyl (C=O) groups excluding carboxylic acids is 1. The lowest BCUT2D eigenvalue weighted by molar-refractivity contribution is 0.0994. The van der Waals surface area contributed by atoms with Crippen LogP contribution in [0.5, 0.6) is 0 Å². The van der Waals surface area contributed by atoms with E-state index in [4.69, 9.17) is 11.6 Å². The predicted molar refractivity (Wildman–Crippen MR) is 69.6 cm³/mol. The Bertz CT molecular complexity index is 498. The van der Waals surface area contributed by atoms with Gasteiger partial charge in [-0.1, -0.05) is 17.7 Å². The van der Waals surface area contributed by atoms with E-state index in [9.17, 15) is 4.79 Å². The maximum atomic E-state index is 11.7. The molecule has 0 amide bonds. The third-order valence-electron chi connectivity index (χ3n) is 2.17. The number of halogens is 1. The van der Waals surface area contributed by atoms with Crippen molar-refractivity contribution in [3.8, 4) is 0 Å². The minimum atomic E-state index is 0.0535. The summed E-state index contributed by atoms with van der Waals surface area (Å²) in [6, 6.07) is 9.18. The van der Waals surface area contributed by atoms with E-state index >= 15 is 0 Å². The molecule has 1 N–H and O–H groups in total. The van der Waals surface area contributed by atoms with Crippen molar-refractivity contribution in [1.29, 1.82) is 0 Å². The highest BCUT2D eigenvalue weighted by molar-refractivity contribution is 7.18. The standard InChI is InChI=1S/C12H11ClN2OS/c13-12-5-4-11(17-12)10(16)8-14-7-9-3-1-2-6-15-9/h1-6,14H,7-8H2. The van der Waals surface area contributed by atoms with Gasteiger partial charge >= 0.3 is 0 Å². The first-order valence-corrected chi connectivity index (χ1v) is 6.34. The Hall–Kier alpha value is -1.23. The van der Waals surface area contributed by atoms with Crippen LogP contribution in [0.4, 0.5) is 0 Å². The molecule has 5 heteroatoms. The van der Waals surface area contributed by atoms with Crippen LogP contribution in [0.15, 0.2) is 36.5 Å². The maximum Gasteiger partial charge on any atom is 0.186 e. The Kier molecular flexibility index (Phi) is 4.25. The van der Waals surface area contributed by atoms with Crippen molar-refractivity contribution in [3.05, 3.63) is 51.4 Å². The van der Waals surface area contributed by atoms with Crippen LogP contribution in [0, 0.1) is 0 Å². The van der Waals surface area contributed by atoms with E-state index in [2.05, 4.69) is 10.3 Å². The monoisotopic (exact) mass is 266 g/mol. The van der Waals surface area contributed by atoms with Gasteiger partial charge in [-0.3, -0.25) is 9.78 Å². The molecule has 0 aliphatic rings. The minimum Gasteiger partial charge on any atom is -0.304 e. The number of carbonyl (C=O) groups is 1. The molecule has 0 aliphatic heterocycles. The molecule has 2 aromatic rings. The second-order valence-electron chi connectivity index (χ2n) is 3.45. The largest absolute Gasteiger partial charge is 0.304 e. The first-order valence-electron chi connectivity index (χ1n) is 5.15. The third kappa shape index (κ3) is 3.63. The lowest BCUT2D eigenvalue weighted by Gasteiger charge is -2.02. The molecule has 0 saturated carbocycles.